The van der Waals surface area contributed by atoms with Crippen molar-refractivity contribution in [3.05, 3.63) is 33.1 Å². The molecule has 2 atom stereocenters. The summed E-state index contributed by atoms with van der Waals surface area (Å²) in [5.41, 5.74) is 0. The molecule has 0 aliphatic carbocycles. The first-order valence-corrected chi connectivity index (χ1v) is 7.87. The Labute approximate surface area is 124 Å². The number of thiophene rings is 1. The van der Waals surface area contributed by atoms with Crippen LogP contribution in [0, 0.1) is 0 Å². The molecule has 2 aromatic rings. The summed E-state index contributed by atoms with van der Waals surface area (Å²) in [7, 11) is 0. The summed E-state index contributed by atoms with van der Waals surface area (Å²) >= 11 is 4.90. The van der Waals surface area contributed by atoms with E-state index >= 15 is 0 Å². The average Bonchev–Trinajstić information content (AvgIpc) is 2.97. The summed E-state index contributed by atoms with van der Waals surface area (Å²) in [6.45, 7) is 4.22. The van der Waals surface area contributed by atoms with E-state index < -0.39 is 0 Å². The number of carbonyl (C=O) groups is 1. The Morgan fingerprint density at radius 1 is 1.42 bits per heavy atom. The molecule has 4 nitrogen and oxygen atoms in total. The molecule has 0 radical (unpaired) electrons. The summed E-state index contributed by atoms with van der Waals surface area (Å²) in [5, 5.41) is 6.25. The summed E-state index contributed by atoms with van der Waals surface area (Å²) in [6, 6.07) is 4.33. The van der Waals surface area contributed by atoms with Gasteiger partial charge in [0.25, 0.3) is 5.91 Å². The van der Waals surface area contributed by atoms with Crippen LogP contribution in [0.4, 0.5) is 5.82 Å². The second-order valence-corrected chi connectivity index (χ2v) is 6.61. The largest absolute Gasteiger partial charge is 0.289 e. The molecule has 0 spiro atoms. The van der Waals surface area contributed by atoms with Crippen LogP contribution in [0.3, 0.4) is 0 Å². The Morgan fingerprint density at radius 3 is 2.89 bits per heavy atom. The molecule has 19 heavy (non-hydrogen) atoms. The van der Waals surface area contributed by atoms with Gasteiger partial charge in [-0.15, -0.1) is 11.3 Å². The third kappa shape index (κ3) is 2.03. The normalized spacial score (nSPS) is 22.4. The Hall–Kier alpha value is -1.14. The molecule has 0 aromatic carbocycles. The Balaban J connectivity index is 2.04. The molecule has 3 heterocycles. The standard InChI is InChI=1S/C13H14BrN3OS/c1-8-7-9(2)17-11(3-5-15-17)16(8)13(18)12-10(14)4-6-19-12/h3-6,8-9H,7H2,1-2H3/t8-,9+/m1/s1. The number of halogens is 1. The SMILES string of the molecule is C[C@@H]1C[C@H](C)n2nccc2N1C(=O)c1sccc1Br. The molecule has 3 rings (SSSR count). The van der Waals surface area contributed by atoms with Gasteiger partial charge in [-0.05, 0) is 47.6 Å². The van der Waals surface area contributed by atoms with E-state index in [1.165, 1.54) is 11.3 Å². The highest BCUT2D eigenvalue weighted by Gasteiger charge is 2.33. The second-order valence-electron chi connectivity index (χ2n) is 4.84. The van der Waals surface area contributed by atoms with Crippen molar-refractivity contribution < 1.29 is 4.79 Å². The fourth-order valence-corrected chi connectivity index (χ4v) is 4.10. The predicted molar refractivity (Wildman–Crippen MR) is 79.8 cm³/mol. The Morgan fingerprint density at radius 2 is 2.21 bits per heavy atom. The number of hydrogen-bond acceptors (Lipinski definition) is 3. The number of anilines is 1. The predicted octanol–water partition coefficient (Wildman–Crippen LogP) is 3.71. The third-order valence-electron chi connectivity index (χ3n) is 3.47. The van der Waals surface area contributed by atoms with Gasteiger partial charge in [-0.2, -0.15) is 5.10 Å². The van der Waals surface area contributed by atoms with E-state index in [9.17, 15) is 4.79 Å². The topological polar surface area (TPSA) is 38.1 Å². The molecule has 0 saturated carbocycles. The highest BCUT2D eigenvalue weighted by atomic mass is 79.9. The zero-order chi connectivity index (χ0) is 13.6. The highest BCUT2D eigenvalue weighted by molar-refractivity contribution is 9.10. The molecular weight excluding hydrogens is 326 g/mol. The van der Waals surface area contributed by atoms with E-state index in [4.69, 9.17) is 0 Å². The van der Waals surface area contributed by atoms with Gasteiger partial charge < -0.3 is 0 Å². The molecule has 2 aromatic heterocycles. The molecule has 1 amide bonds. The first-order valence-electron chi connectivity index (χ1n) is 6.19. The quantitative estimate of drug-likeness (QED) is 0.794. The van der Waals surface area contributed by atoms with E-state index in [2.05, 4.69) is 34.9 Å². The van der Waals surface area contributed by atoms with Crippen LogP contribution < -0.4 is 4.90 Å². The van der Waals surface area contributed by atoms with Crippen LogP contribution in [-0.4, -0.2) is 21.7 Å². The number of aromatic nitrogens is 2. The van der Waals surface area contributed by atoms with Crippen molar-refractivity contribution >= 4 is 39.0 Å². The van der Waals surface area contributed by atoms with Gasteiger partial charge >= 0.3 is 0 Å². The minimum Gasteiger partial charge on any atom is -0.289 e. The van der Waals surface area contributed by atoms with Gasteiger partial charge in [0.15, 0.2) is 0 Å². The maximum absolute atomic E-state index is 12.7. The van der Waals surface area contributed by atoms with Crippen LogP contribution in [0.1, 0.15) is 36.0 Å². The van der Waals surface area contributed by atoms with Crippen LogP contribution in [0.15, 0.2) is 28.2 Å². The van der Waals surface area contributed by atoms with Crippen molar-refractivity contribution in [1.29, 1.82) is 0 Å². The number of rotatable bonds is 1. The fourth-order valence-electron chi connectivity index (χ4n) is 2.62. The monoisotopic (exact) mass is 339 g/mol. The summed E-state index contributed by atoms with van der Waals surface area (Å²) < 4.78 is 2.79. The first-order chi connectivity index (χ1) is 9.09. The van der Waals surface area contributed by atoms with Crippen molar-refractivity contribution in [3.63, 3.8) is 0 Å². The molecule has 0 bridgehead atoms. The summed E-state index contributed by atoms with van der Waals surface area (Å²) in [6.07, 6.45) is 2.68. The maximum Gasteiger partial charge on any atom is 0.270 e. The molecular formula is C13H14BrN3OS. The molecule has 1 aliphatic rings. The van der Waals surface area contributed by atoms with E-state index in [0.717, 1.165) is 21.6 Å². The Bertz CT molecular complexity index is 621. The van der Waals surface area contributed by atoms with Crippen LogP contribution in [0.2, 0.25) is 0 Å². The average molecular weight is 340 g/mol. The maximum atomic E-state index is 12.7. The molecule has 1 aliphatic heterocycles. The number of amides is 1. The first kappa shape index (κ1) is 12.9. The molecule has 0 saturated heterocycles. The van der Waals surface area contributed by atoms with Gasteiger partial charge in [-0.3, -0.25) is 9.69 Å². The third-order valence-corrected chi connectivity index (χ3v) is 5.29. The van der Waals surface area contributed by atoms with Gasteiger partial charge in [-0.1, -0.05) is 0 Å². The zero-order valence-corrected chi connectivity index (χ0v) is 13.1. The molecule has 0 fully saturated rings. The van der Waals surface area contributed by atoms with E-state index in [-0.39, 0.29) is 11.9 Å². The van der Waals surface area contributed by atoms with Gasteiger partial charge in [0, 0.05) is 16.6 Å². The van der Waals surface area contributed by atoms with Crippen molar-refractivity contribution in [2.75, 3.05) is 4.90 Å². The van der Waals surface area contributed by atoms with Crippen LogP contribution in [-0.2, 0) is 0 Å². The zero-order valence-electron chi connectivity index (χ0n) is 10.7. The number of hydrogen-bond donors (Lipinski definition) is 0. The van der Waals surface area contributed by atoms with Crippen molar-refractivity contribution in [3.8, 4) is 0 Å². The molecule has 0 N–H and O–H groups in total. The minimum absolute atomic E-state index is 0.0445. The van der Waals surface area contributed by atoms with Crippen molar-refractivity contribution in [2.45, 2.75) is 32.4 Å². The van der Waals surface area contributed by atoms with Gasteiger partial charge in [-0.25, -0.2) is 4.68 Å². The van der Waals surface area contributed by atoms with Crippen LogP contribution in [0.25, 0.3) is 0 Å². The van der Waals surface area contributed by atoms with Crippen LogP contribution in [0.5, 0.6) is 0 Å². The highest BCUT2D eigenvalue weighted by Crippen LogP contribution is 2.34. The fraction of sp³-hybridized carbons (Fsp3) is 0.385. The van der Waals surface area contributed by atoms with Crippen LogP contribution >= 0.6 is 27.3 Å². The van der Waals surface area contributed by atoms with E-state index in [1.54, 1.807) is 6.20 Å². The lowest BCUT2D eigenvalue weighted by Crippen LogP contribution is -2.44. The lowest BCUT2D eigenvalue weighted by molar-refractivity contribution is 0.0970. The van der Waals surface area contributed by atoms with Gasteiger partial charge in [0.1, 0.15) is 10.7 Å². The Kier molecular flexibility index (Phi) is 3.22. The van der Waals surface area contributed by atoms with Crippen molar-refractivity contribution in [2.24, 2.45) is 0 Å². The van der Waals surface area contributed by atoms with Gasteiger partial charge in [0.2, 0.25) is 0 Å². The smallest absolute Gasteiger partial charge is 0.270 e. The number of nitrogens with zero attached hydrogens (tertiary/aromatic N) is 3. The number of carbonyl (C=O) groups excluding carboxylic acids is 1. The second kappa shape index (κ2) is 4.76. The lowest BCUT2D eigenvalue weighted by atomic mass is 10.1. The van der Waals surface area contributed by atoms with E-state index in [1.807, 2.05) is 27.1 Å². The van der Waals surface area contributed by atoms with E-state index in [0.29, 0.717) is 6.04 Å². The minimum atomic E-state index is 0.0445. The lowest BCUT2D eigenvalue weighted by Gasteiger charge is -2.36. The molecule has 100 valence electrons. The molecule has 0 unspecified atom stereocenters. The summed E-state index contributed by atoms with van der Waals surface area (Å²) in [4.78, 5) is 15.3. The molecule has 6 heteroatoms. The van der Waals surface area contributed by atoms with Crippen molar-refractivity contribution in [1.82, 2.24) is 9.78 Å². The summed E-state index contributed by atoms with van der Waals surface area (Å²) in [5.74, 6) is 0.930. The van der Waals surface area contributed by atoms with Gasteiger partial charge in [0.05, 0.1) is 12.2 Å². The number of fused-ring (bicyclic) bond motifs is 1.